The van der Waals surface area contributed by atoms with E-state index in [2.05, 4.69) is 15.3 Å². The molecule has 1 aliphatic rings. The second kappa shape index (κ2) is 7.15. The summed E-state index contributed by atoms with van der Waals surface area (Å²) in [4.78, 5) is 13.4. The van der Waals surface area contributed by atoms with Crippen molar-refractivity contribution in [2.75, 3.05) is 11.9 Å². The van der Waals surface area contributed by atoms with Crippen molar-refractivity contribution in [1.29, 1.82) is 0 Å². The van der Waals surface area contributed by atoms with Crippen LogP contribution in [0.5, 0.6) is 0 Å². The Morgan fingerprint density at radius 3 is 2.60 bits per heavy atom. The average molecular weight is 334 g/mol. The minimum Gasteiger partial charge on any atom is -0.391 e. The Labute approximate surface area is 147 Å². The number of aromatic nitrogens is 3. The van der Waals surface area contributed by atoms with E-state index in [1.165, 1.54) is 12.8 Å². The lowest BCUT2D eigenvalue weighted by atomic mass is 10.0. The fraction of sp³-hybridized carbons (Fsp3) is 0.350. The molecule has 1 aromatic carbocycles. The van der Waals surface area contributed by atoms with Crippen LogP contribution in [-0.4, -0.2) is 32.7 Å². The third-order valence-electron chi connectivity index (χ3n) is 4.96. The van der Waals surface area contributed by atoms with E-state index < -0.39 is 0 Å². The molecule has 3 aromatic rings. The first-order valence-electron chi connectivity index (χ1n) is 8.90. The maximum atomic E-state index is 10.5. The standard InChI is InChI=1S/C20H22N4O/c25-18(14-5-1-2-6-14)13-22-20-16-7-3-4-8-17(16)23-19(24-20)15-9-11-21-12-10-15/h3-4,7-12,14,18,25H,1-2,5-6,13H2,(H,22,23,24). The Hall–Kier alpha value is -2.53. The molecular formula is C20H22N4O. The first-order valence-corrected chi connectivity index (χ1v) is 8.90. The quantitative estimate of drug-likeness (QED) is 0.745. The molecule has 128 valence electrons. The molecule has 5 heteroatoms. The molecule has 1 aliphatic carbocycles. The van der Waals surface area contributed by atoms with Gasteiger partial charge in [-0.2, -0.15) is 0 Å². The van der Waals surface area contributed by atoms with Crippen molar-refractivity contribution in [3.8, 4) is 11.4 Å². The summed E-state index contributed by atoms with van der Waals surface area (Å²) in [5.74, 6) is 1.84. The van der Waals surface area contributed by atoms with Crippen LogP contribution in [0.4, 0.5) is 5.82 Å². The van der Waals surface area contributed by atoms with Gasteiger partial charge in [-0.25, -0.2) is 9.97 Å². The molecule has 0 radical (unpaired) electrons. The molecule has 0 saturated heterocycles. The van der Waals surface area contributed by atoms with Crippen molar-refractivity contribution >= 4 is 16.7 Å². The number of pyridine rings is 1. The predicted molar refractivity (Wildman–Crippen MR) is 99.2 cm³/mol. The van der Waals surface area contributed by atoms with Gasteiger partial charge in [0.2, 0.25) is 0 Å². The third-order valence-corrected chi connectivity index (χ3v) is 4.96. The largest absolute Gasteiger partial charge is 0.391 e. The first-order chi connectivity index (χ1) is 12.3. The average Bonchev–Trinajstić information content (AvgIpc) is 3.21. The lowest BCUT2D eigenvalue weighted by Crippen LogP contribution is -2.27. The van der Waals surface area contributed by atoms with Crippen molar-refractivity contribution in [3.63, 3.8) is 0 Å². The van der Waals surface area contributed by atoms with Gasteiger partial charge in [-0.05, 0) is 43.0 Å². The van der Waals surface area contributed by atoms with Gasteiger partial charge in [-0.1, -0.05) is 25.0 Å². The first kappa shape index (κ1) is 16.0. The van der Waals surface area contributed by atoms with Crippen LogP contribution in [0.25, 0.3) is 22.3 Å². The van der Waals surface area contributed by atoms with Crippen LogP contribution in [0.1, 0.15) is 25.7 Å². The van der Waals surface area contributed by atoms with Crippen LogP contribution in [0.15, 0.2) is 48.8 Å². The summed E-state index contributed by atoms with van der Waals surface area (Å²) >= 11 is 0. The van der Waals surface area contributed by atoms with Gasteiger partial charge in [0.05, 0.1) is 11.6 Å². The second-order valence-corrected chi connectivity index (χ2v) is 6.64. The predicted octanol–water partition coefficient (Wildman–Crippen LogP) is 3.65. The minimum absolute atomic E-state index is 0.333. The lowest BCUT2D eigenvalue weighted by molar-refractivity contribution is 0.123. The molecule has 2 N–H and O–H groups in total. The molecule has 2 heterocycles. The number of hydrogen-bond donors (Lipinski definition) is 2. The highest BCUT2D eigenvalue weighted by Gasteiger charge is 2.23. The number of aliphatic hydroxyl groups excluding tert-OH is 1. The van der Waals surface area contributed by atoms with E-state index in [4.69, 9.17) is 4.98 Å². The second-order valence-electron chi connectivity index (χ2n) is 6.64. The van der Waals surface area contributed by atoms with Crippen molar-refractivity contribution in [2.24, 2.45) is 5.92 Å². The number of nitrogens with one attached hydrogen (secondary N) is 1. The molecule has 1 atom stereocenters. The molecule has 1 unspecified atom stereocenters. The summed E-state index contributed by atoms with van der Waals surface area (Å²) in [6, 6.07) is 11.8. The van der Waals surface area contributed by atoms with Crippen molar-refractivity contribution in [2.45, 2.75) is 31.8 Å². The Balaban J connectivity index is 1.64. The summed E-state index contributed by atoms with van der Waals surface area (Å²) in [5, 5.41) is 14.8. The number of nitrogens with zero attached hydrogens (tertiary/aromatic N) is 3. The molecule has 0 bridgehead atoms. The van der Waals surface area contributed by atoms with Gasteiger partial charge in [0.15, 0.2) is 5.82 Å². The summed E-state index contributed by atoms with van der Waals surface area (Å²) in [6.07, 6.45) is 7.84. The van der Waals surface area contributed by atoms with Crippen LogP contribution in [-0.2, 0) is 0 Å². The minimum atomic E-state index is -0.333. The van der Waals surface area contributed by atoms with Crippen molar-refractivity contribution < 1.29 is 5.11 Å². The molecule has 0 spiro atoms. The topological polar surface area (TPSA) is 70.9 Å². The molecule has 2 aromatic heterocycles. The Morgan fingerprint density at radius 1 is 1.04 bits per heavy atom. The fourth-order valence-electron chi connectivity index (χ4n) is 3.55. The number of hydrogen-bond acceptors (Lipinski definition) is 5. The van der Waals surface area contributed by atoms with Gasteiger partial charge in [-0.3, -0.25) is 4.98 Å². The monoisotopic (exact) mass is 334 g/mol. The maximum Gasteiger partial charge on any atom is 0.162 e. The highest BCUT2D eigenvalue weighted by Crippen LogP contribution is 2.29. The SMILES string of the molecule is OC(CNc1nc(-c2ccncc2)nc2ccccc12)C1CCCC1. The summed E-state index contributed by atoms with van der Waals surface area (Å²) in [5.41, 5.74) is 1.82. The Bertz CT molecular complexity index is 847. The molecule has 25 heavy (non-hydrogen) atoms. The van der Waals surface area contributed by atoms with Crippen LogP contribution < -0.4 is 5.32 Å². The molecular weight excluding hydrogens is 312 g/mol. The van der Waals surface area contributed by atoms with Crippen molar-refractivity contribution in [3.05, 3.63) is 48.8 Å². The number of para-hydroxylation sites is 1. The summed E-state index contributed by atoms with van der Waals surface area (Å²) in [7, 11) is 0. The van der Waals surface area contributed by atoms with E-state index >= 15 is 0 Å². The third kappa shape index (κ3) is 3.46. The number of benzene rings is 1. The van der Waals surface area contributed by atoms with Gasteiger partial charge in [0.1, 0.15) is 5.82 Å². The highest BCUT2D eigenvalue weighted by atomic mass is 16.3. The summed E-state index contributed by atoms with van der Waals surface area (Å²) in [6.45, 7) is 0.515. The van der Waals surface area contributed by atoms with E-state index in [0.717, 1.165) is 35.1 Å². The molecule has 1 fully saturated rings. The van der Waals surface area contributed by atoms with E-state index in [1.54, 1.807) is 12.4 Å². The van der Waals surface area contributed by atoms with Gasteiger partial charge in [0.25, 0.3) is 0 Å². The number of fused-ring (bicyclic) bond motifs is 1. The van der Waals surface area contributed by atoms with Crippen LogP contribution in [0.3, 0.4) is 0 Å². The number of aliphatic hydroxyl groups is 1. The molecule has 1 saturated carbocycles. The number of anilines is 1. The summed E-state index contributed by atoms with van der Waals surface area (Å²) < 4.78 is 0. The zero-order valence-electron chi connectivity index (χ0n) is 14.1. The number of rotatable bonds is 5. The van der Waals surface area contributed by atoms with Gasteiger partial charge in [-0.15, -0.1) is 0 Å². The Kier molecular flexibility index (Phi) is 4.57. The van der Waals surface area contributed by atoms with E-state index in [0.29, 0.717) is 18.3 Å². The molecule has 0 aliphatic heterocycles. The normalized spacial score (nSPS) is 16.2. The lowest BCUT2D eigenvalue weighted by Gasteiger charge is -2.19. The van der Waals surface area contributed by atoms with Crippen molar-refractivity contribution in [1.82, 2.24) is 15.0 Å². The van der Waals surface area contributed by atoms with Crippen LogP contribution in [0.2, 0.25) is 0 Å². The van der Waals surface area contributed by atoms with E-state index in [1.807, 2.05) is 36.4 Å². The Morgan fingerprint density at radius 2 is 1.80 bits per heavy atom. The molecule has 5 nitrogen and oxygen atoms in total. The van der Waals surface area contributed by atoms with E-state index in [9.17, 15) is 5.11 Å². The zero-order valence-corrected chi connectivity index (χ0v) is 14.1. The van der Waals surface area contributed by atoms with Gasteiger partial charge in [0, 0.05) is 29.9 Å². The van der Waals surface area contributed by atoms with Gasteiger partial charge < -0.3 is 10.4 Å². The molecule has 0 amide bonds. The fourth-order valence-corrected chi connectivity index (χ4v) is 3.55. The zero-order chi connectivity index (χ0) is 17.1. The highest BCUT2D eigenvalue weighted by molar-refractivity contribution is 5.90. The van der Waals surface area contributed by atoms with Crippen LogP contribution >= 0.6 is 0 Å². The van der Waals surface area contributed by atoms with Crippen LogP contribution in [0, 0.1) is 5.92 Å². The van der Waals surface area contributed by atoms with E-state index in [-0.39, 0.29) is 6.10 Å². The molecule has 4 rings (SSSR count). The smallest absolute Gasteiger partial charge is 0.162 e. The van der Waals surface area contributed by atoms with Gasteiger partial charge >= 0.3 is 0 Å². The maximum absolute atomic E-state index is 10.5.